The summed E-state index contributed by atoms with van der Waals surface area (Å²) in [4.78, 5) is 18.9. The maximum Gasteiger partial charge on any atom is 0.586 e. The average Bonchev–Trinajstić information content (AvgIpc) is 3.17. The minimum absolute atomic E-state index is 0.0313. The number of carbonyl (C=O) groups excluding carboxylic acids is 1. The number of nitrogens with zero attached hydrogens (tertiary/aromatic N) is 1. The van der Waals surface area contributed by atoms with Gasteiger partial charge < -0.3 is 14.5 Å². The van der Waals surface area contributed by atoms with E-state index >= 15 is 0 Å². The molecule has 0 saturated carbocycles. The number of hydrogen-bond donors (Lipinski definition) is 3. The number of imidazole rings is 1. The zero-order valence-corrected chi connectivity index (χ0v) is 14.1. The molecule has 1 aliphatic heterocycles. The summed E-state index contributed by atoms with van der Waals surface area (Å²) < 4.78 is 57.1. The van der Waals surface area contributed by atoms with Crippen LogP contribution in [-0.4, -0.2) is 30.6 Å². The van der Waals surface area contributed by atoms with Crippen molar-refractivity contribution in [1.82, 2.24) is 9.97 Å². The lowest BCUT2D eigenvalue weighted by molar-refractivity contribution is -0.286. The van der Waals surface area contributed by atoms with Crippen LogP contribution >= 0.6 is 11.3 Å². The molecule has 1 aliphatic rings. The van der Waals surface area contributed by atoms with Crippen LogP contribution in [0.25, 0.3) is 11.0 Å². The summed E-state index contributed by atoms with van der Waals surface area (Å²) in [6.45, 7) is 0. The van der Waals surface area contributed by atoms with Crippen LogP contribution < -0.4 is 19.9 Å². The van der Waals surface area contributed by atoms with Crippen molar-refractivity contribution in [1.29, 1.82) is 0 Å². The van der Waals surface area contributed by atoms with Crippen LogP contribution in [0.1, 0.15) is 10.4 Å². The fraction of sp³-hybridized carbons (Fsp3) is 0.0769. The monoisotopic (exact) mass is 402 g/mol. The Morgan fingerprint density at radius 1 is 1.27 bits per heavy atom. The van der Waals surface area contributed by atoms with Crippen molar-refractivity contribution >= 4 is 44.2 Å². The Kier molecular flexibility index (Phi) is 3.44. The van der Waals surface area contributed by atoms with Crippen LogP contribution in [0.4, 0.5) is 14.7 Å². The molecular weight excluding hydrogens is 394 g/mol. The van der Waals surface area contributed by atoms with Crippen molar-refractivity contribution in [2.45, 2.75) is 10.5 Å². The van der Waals surface area contributed by atoms with Crippen LogP contribution in [0.3, 0.4) is 0 Å². The van der Waals surface area contributed by atoms with Crippen molar-refractivity contribution in [3.8, 4) is 11.5 Å². The second-order valence-corrected chi connectivity index (χ2v) is 7.92. The number of primary sulfonamides is 1. The highest BCUT2D eigenvalue weighted by Gasteiger charge is 2.43. The van der Waals surface area contributed by atoms with Gasteiger partial charge in [-0.05, 0) is 6.07 Å². The predicted molar refractivity (Wildman–Crippen MR) is 85.9 cm³/mol. The van der Waals surface area contributed by atoms with E-state index in [0.29, 0.717) is 5.52 Å². The van der Waals surface area contributed by atoms with E-state index in [2.05, 4.69) is 24.8 Å². The molecule has 26 heavy (non-hydrogen) atoms. The highest BCUT2D eigenvalue weighted by molar-refractivity contribution is 7.91. The molecule has 4 N–H and O–H groups in total. The van der Waals surface area contributed by atoms with Gasteiger partial charge in [-0.1, -0.05) is 0 Å². The quantitative estimate of drug-likeness (QED) is 0.612. The summed E-state index contributed by atoms with van der Waals surface area (Å²) >= 11 is 0.806. The molecule has 0 atom stereocenters. The van der Waals surface area contributed by atoms with Crippen LogP contribution in [-0.2, 0) is 10.0 Å². The van der Waals surface area contributed by atoms with Gasteiger partial charge in [0.05, 0.1) is 16.6 Å². The number of nitrogens with two attached hydrogens (primary N) is 1. The van der Waals surface area contributed by atoms with E-state index in [4.69, 9.17) is 5.14 Å². The molecule has 9 nitrogen and oxygen atoms in total. The number of sulfonamides is 1. The van der Waals surface area contributed by atoms with Gasteiger partial charge in [-0.15, -0.1) is 20.1 Å². The molecule has 13 heteroatoms. The van der Waals surface area contributed by atoms with E-state index < -0.39 is 22.2 Å². The summed E-state index contributed by atoms with van der Waals surface area (Å²) in [6.07, 6.45) is -3.74. The second kappa shape index (κ2) is 5.36. The van der Waals surface area contributed by atoms with E-state index in [1.807, 2.05) is 0 Å². The summed E-state index contributed by atoms with van der Waals surface area (Å²) in [7, 11) is -3.90. The van der Waals surface area contributed by atoms with Gasteiger partial charge in [-0.2, -0.15) is 0 Å². The number of aromatic nitrogens is 2. The number of alkyl halides is 2. The lowest BCUT2D eigenvalue weighted by Crippen LogP contribution is -2.25. The number of rotatable bonds is 3. The number of amides is 1. The maximum absolute atomic E-state index is 13.0. The Hall–Kier alpha value is -2.77. The third-order valence-corrected chi connectivity index (χ3v) is 5.74. The number of carbonyl (C=O) groups is 1. The Balaban J connectivity index is 1.58. The molecule has 3 aromatic rings. The maximum atomic E-state index is 13.0. The first-order valence-corrected chi connectivity index (χ1v) is 9.26. The highest BCUT2D eigenvalue weighted by atomic mass is 32.2. The van der Waals surface area contributed by atoms with Gasteiger partial charge in [0.1, 0.15) is 4.21 Å². The molecule has 1 aromatic carbocycles. The molecule has 3 heterocycles. The first kappa shape index (κ1) is 16.7. The van der Waals surface area contributed by atoms with Gasteiger partial charge in [-0.3, -0.25) is 10.1 Å². The van der Waals surface area contributed by atoms with E-state index in [9.17, 15) is 22.0 Å². The molecule has 1 amide bonds. The Labute approximate surface area is 147 Å². The second-order valence-electron chi connectivity index (χ2n) is 5.22. The van der Waals surface area contributed by atoms with Crippen molar-refractivity contribution in [3.05, 3.63) is 29.1 Å². The molecule has 0 aliphatic carbocycles. The normalized spacial score (nSPS) is 15.3. The third-order valence-electron chi connectivity index (χ3n) is 3.35. The molecule has 0 bridgehead atoms. The van der Waals surface area contributed by atoms with Crippen molar-refractivity contribution in [2.24, 2.45) is 5.14 Å². The molecule has 136 valence electrons. The number of H-pyrrole nitrogens is 1. The fourth-order valence-electron chi connectivity index (χ4n) is 2.28. The molecule has 0 spiro atoms. The van der Waals surface area contributed by atoms with Gasteiger partial charge in [-0.25, -0.2) is 18.5 Å². The van der Waals surface area contributed by atoms with Crippen LogP contribution in [0, 0.1) is 0 Å². The number of fused-ring (bicyclic) bond motifs is 2. The SMILES string of the molecule is NS(=O)(=O)c1cc(C(=O)Nc2nc3cc4c(cc3[nH]2)OC(F)(F)O4)cs1. The number of thiophene rings is 1. The molecule has 0 saturated heterocycles. The number of ether oxygens (including phenoxy) is 2. The van der Waals surface area contributed by atoms with Crippen LogP contribution in [0.5, 0.6) is 11.5 Å². The van der Waals surface area contributed by atoms with E-state index in [0.717, 1.165) is 17.4 Å². The minimum atomic E-state index is -3.90. The standard InChI is InChI=1S/C13H8F2N4O5S2/c14-13(15)23-8-2-6-7(3-9(8)24-13)18-12(17-6)19-11(20)5-1-10(25-4-5)26(16,21)22/h1-4H,(H2,16,21,22)(H2,17,18,19,20). The molecular formula is C13H8F2N4O5S2. The lowest BCUT2D eigenvalue weighted by Gasteiger charge is -2.04. The zero-order valence-electron chi connectivity index (χ0n) is 12.4. The summed E-state index contributed by atoms with van der Waals surface area (Å²) in [5.74, 6) is -0.937. The Bertz CT molecular complexity index is 1110. The fourth-order valence-corrected chi connectivity index (χ4v) is 3.86. The molecule has 2 aromatic heterocycles. The average molecular weight is 402 g/mol. The smallest absolute Gasteiger partial charge is 0.395 e. The number of aromatic amines is 1. The van der Waals surface area contributed by atoms with Gasteiger partial charge >= 0.3 is 6.29 Å². The van der Waals surface area contributed by atoms with Crippen molar-refractivity contribution in [3.63, 3.8) is 0 Å². The van der Waals surface area contributed by atoms with Gasteiger partial charge in [0, 0.05) is 17.5 Å². The van der Waals surface area contributed by atoms with Gasteiger partial charge in [0.25, 0.3) is 5.91 Å². The number of anilines is 1. The van der Waals surface area contributed by atoms with Gasteiger partial charge in [0.15, 0.2) is 11.5 Å². The molecule has 0 fully saturated rings. The van der Waals surface area contributed by atoms with Gasteiger partial charge in [0.2, 0.25) is 16.0 Å². The number of hydrogen-bond acceptors (Lipinski definition) is 7. The predicted octanol–water partition coefficient (Wildman–Crippen LogP) is 1.85. The first-order valence-electron chi connectivity index (χ1n) is 6.83. The minimum Gasteiger partial charge on any atom is -0.395 e. The van der Waals surface area contributed by atoms with Crippen molar-refractivity contribution in [2.75, 3.05) is 5.32 Å². The zero-order chi connectivity index (χ0) is 18.7. The number of nitrogens with one attached hydrogen (secondary N) is 2. The van der Waals surface area contributed by atoms with Crippen LogP contribution in [0.15, 0.2) is 27.8 Å². The third kappa shape index (κ3) is 2.95. The number of benzene rings is 1. The van der Waals surface area contributed by atoms with E-state index in [1.54, 1.807) is 0 Å². The largest absolute Gasteiger partial charge is 0.586 e. The summed E-state index contributed by atoms with van der Waals surface area (Å²) in [5, 5.41) is 8.76. The lowest BCUT2D eigenvalue weighted by atomic mass is 10.3. The molecule has 4 rings (SSSR count). The number of halogens is 2. The van der Waals surface area contributed by atoms with Crippen molar-refractivity contribution < 1.29 is 31.5 Å². The van der Waals surface area contributed by atoms with E-state index in [1.165, 1.54) is 17.5 Å². The Morgan fingerprint density at radius 3 is 2.62 bits per heavy atom. The van der Waals surface area contributed by atoms with Crippen LogP contribution in [0.2, 0.25) is 0 Å². The molecule has 0 radical (unpaired) electrons. The highest BCUT2D eigenvalue weighted by Crippen LogP contribution is 2.42. The Morgan fingerprint density at radius 2 is 1.96 bits per heavy atom. The summed E-state index contributed by atoms with van der Waals surface area (Å²) in [5.41, 5.74) is 0.667. The van der Waals surface area contributed by atoms with E-state index in [-0.39, 0.29) is 32.7 Å². The first-order chi connectivity index (χ1) is 12.1. The molecule has 0 unspecified atom stereocenters. The topological polar surface area (TPSA) is 136 Å². The summed E-state index contributed by atoms with van der Waals surface area (Å²) in [6, 6.07) is 3.63.